The Morgan fingerprint density at radius 2 is 1.76 bits per heavy atom. The maximum absolute atomic E-state index is 13.9. The average Bonchev–Trinajstić information content (AvgIpc) is 3.54. The molecule has 8 heteroatoms. The van der Waals surface area contributed by atoms with Gasteiger partial charge < -0.3 is 16.0 Å². The number of benzene rings is 2. The number of aryl methyl sites for hydroxylation is 1. The monoisotopic (exact) mass is 590 g/mol. The zero-order valence-electron chi connectivity index (χ0n) is 24.5. The second-order valence-electron chi connectivity index (χ2n) is 12.0. The SMILES string of the molecule is Cc1ccc(C(=O)N2CCC(N(Cc3ccc(F)cc3)Cc3cccs3)C[C@@H]2C(=O)NCC2CCCC(CN)C2)cc1. The van der Waals surface area contributed by atoms with E-state index in [0.717, 1.165) is 49.8 Å². The van der Waals surface area contributed by atoms with Crippen molar-refractivity contribution in [1.82, 2.24) is 15.1 Å². The number of nitrogens with one attached hydrogen (secondary N) is 1. The highest BCUT2D eigenvalue weighted by Gasteiger charge is 2.39. The number of carbonyl (C=O) groups excluding carboxylic acids is 2. The van der Waals surface area contributed by atoms with Crippen molar-refractivity contribution in [2.75, 3.05) is 19.6 Å². The zero-order valence-corrected chi connectivity index (χ0v) is 25.3. The molecule has 3 unspecified atom stereocenters. The number of thiophene rings is 1. The predicted octanol–water partition coefficient (Wildman–Crippen LogP) is 5.75. The summed E-state index contributed by atoms with van der Waals surface area (Å²) in [5, 5.41) is 5.32. The normalized spacial score (nSPS) is 22.7. The number of hydrogen-bond donors (Lipinski definition) is 2. The molecule has 4 atom stereocenters. The Labute approximate surface area is 253 Å². The molecule has 0 bridgehead atoms. The number of likely N-dealkylation sites (tertiary alicyclic amines) is 1. The van der Waals surface area contributed by atoms with Gasteiger partial charge >= 0.3 is 0 Å². The first-order valence-corrected chi connectivity index (χ1v) is 16.1. The highest BCUT2D eigenvalue weighted by atomic mass is 32.1. The quantitative estimate of drug-likeness (QED) is 0.315. The third-order valence-electron chi connectivity index (χ3n) is 8.98. The Morgan fingerprint density at radius 3 is 2.48 bits per heavy atom. The van der Waals surface area contributed by atoms with Crippen molar-refractivity contribution < 1.29 is 14.0 Å². The molecular weight excluding hydrogens is 547 g/mol. The number of rotatable bonds is 10. The van der Waals surface area contributed by atoms with E-state index >= 15 is 0 Å². The molecule has 1 aliphatic carbocycles. The number of amides is 2. The van der Waals surface area contributed by atoms with E-state index in [1.807, 2.05) is 43.3 Å². The molecule has 2 fully saturated rings. The van der Waals surface area contributed by atoms with Crippen molar-refractivity contribution in [2.24, 2.45) is 17.6 Å². The highest BCUT2D eigenvalue weighted by molar-refractivity contribution is 7.09. The van der Waals surface area contributed by atoms with Crippen LogP contribution >= 0.6 is 11.3 Å². The van der Waals surface area contributed by atoms with Crippen LogP contribution < -0.4 is 11.1 Å². The van der Waals surface area contributed by atoms with Gasteiger partial charge in [-0.15, -0.1) is 11.3 Å². The minimum atomic E-state index is -0.564. The van der Waals surface area contributed by atoms with Crippen molar-refractivity contribution in [2.45, 2.75) is 70.6 Å². The van der Waals surface area contributed by atoms with E-state index in [-0.39, 0.29) is 23.7 Å². The third kappa shape index (κ3) is 7.85. The molecule has 2 amide bonds. The van der Waals surface area contributed by atoms with Gasteiger partial charge in [-0.3, -0.25) is 14.5 Å². The summed E-state index contributed by atoms with van der Waals surface area (Å²) in [5.41, 5.74) is 8.68. The highest BCUT2D eigenvalue weighted by Crippen LogP contribution is 2.30. The molecule has 5 rings (SSSR count). The fraction of sp³-hybridized carbons (Fsp3) is 0.471. The number of nitrogens with zero attached hydrogens (tertiary/aromatic N) is 2. The number of nitrogens with two attached hydrogens (primary N) is 1. The number of halogens is 1. The van der Waals surface area contributed by atoms with E-state index in [1.54, 1.807) is 16.2 Å². The van der Waals surface area contributed by atoms with E-state index in [1.165, 1.54) is 17.0 Å². The lowest BCUT2D eigenvalue weighted by Crippen LogP contribution is -2.57. The van der Waals surface area contributed by atoms with Gasteiger partial charge in [0.15, 0.2) is 0 Å². The fourth-order valence-corrected chi connectivity index (χ4v) is 7.27. The summed E-state index contributed by atoms with van der Waals surface area (Å²) in [6, 6.07) is 17.9. The standard InChI is InChI=1S/C34H43FN4O2S/c1-24-7-11-28(12-8-24)34(41)39-16-15-30(19-32(39)33(40)37-21-27-5-2-4-26(18-27)20-36)38(23-31-6-3-17-42-31)22-25-9-13-29(35)14-10-25/h3,6-14,17,26-27,30,32H,2,4-5,15-16,18-23,36H2,1H3,(H,37,40)/t26?,27?,30?,32-/m1/s1. The maximum Gasteiger partial charge on any atom is 0.254 e. The summed E-state index contributed by atoms with van der Waals surface area (Å²) in [4.78, 5) is 33.0. The minimum Gasteiger partial charge on any atom is -0.354 e. The molecule has 2 aliphatic rings. The second-order valence-corrected chi connectivity index (χ2v) is 13.1. The molecule has 1 aliphatic heterocycles. The Morgan fingerprint density at radius 1 is 1.00 bits per heavy atom. The van der Waals surface area contributed by atoms with Crippen LogP contribution in [-0.4, -0.2) is 53.3 Å². The molecule has 2 heterocycles. The first-order chi connectivity index (χ1) is 20.4. The van der Waals surface area contributed by atoms with Crippen molar-refractivity contribution in [3.63, 3.8) is 0 Å². The summed E-state index contributed by atoms with van der Waals surface area (Å²) in [6.07, 6.45) is 5.76. The summed E-state index contributed by atoms with van der Waals surface area (Å²) in [5.74, 6) is 0.520. The summed E-state index contributed by atoms with van der Waals surface area (Å²) < 4.78 is 13.7. The van der Waals surface area contributed by atoms with Crippen LogP contribution in [0.3, 0.4) is 0 Å². The van der Waals surface area contributed by atoms with Gasteiger partial charge in [-0.05, 0) is 98.7 Å². The first-order valence-electron chi connectivity index (χ1n) is 15.3. The van der Waals surface area contributed by atoms with Crippen LogP contribution in [-0.2, 0) is 17.9 Å². The van der Waals surface area contributed by atoms with Gasteiger partial charge in [0.25, 0.3) is 5.91 Å². The van der Waals surface area contributed by atoms with Crippen LogP contribution in [0.4, 0.5) is 4.39 Å². The lowest BCUT2D eigenvalue weighted by atomic mass is 9.81. The van der Waals surface area contributed by atoms with E-state index in [4.69, 9.17) is 5.73 Å². The Hall–Kier alpha value is -3.07. The molecule has 3 aromatic rings. The number of carbonyl (C=O) groups is 2. The second kappa shape index (κ2) is 14.4. The van der Waals surface area contributed by atoms with Gasteiger partial charge in [0.05, 0.1) is 0 Å². The number of hydrogen-bond acceptors (Lipinski definition) is 5. The smallest absolute Gasteiger partial charge is 0.254 e. The van der Waals surface area contributed by atoms with E-state index in [9.17, 15) is 14.0 Å². The molecule has 0 spiro atoms. The molecule has 2 aromatic carbocycles. The molecule has 224 valence electrons. The van der Waals surface area contributed by atoms with Gasteiger partial charge in [0.2, 0.25) is 5.91 Å². The molecule has 1 saturated heterocycles. The van der Waals surface area contributed by atoms with Crippen LogP contribution in [0.5, 0.6) is 0 Å². The Balaban J connectivity index is 1.35. The third-order valence-corrected chi connectivity index (χ3v) is 9.84. The summed E-state index contributed by atoms with van der Waals surface area (Å²) >= 11 is 1.71. The summed E-state index contributed by atoms with van der Waals surface area (Å²) in [6.45, 7) is 5.20. The molecule has 1 aromatic heterocycles. The van der Waals surface area contributed by atoms with Crippen LogP contribution in [0.2, 0.25) is 0 Å². The van der Waals surface area contributed by atoms with Crippen LogP contribution in [0.15, 0.2) is 66.0 Å². The van der Waals surface area contributed by atoms with Crippen LogP contribution in [0, 0.1) is 24.6 Å². The summed E-state index contributed by atoms with van der Waals surface area (Å²) in [7, 11) is 0. The number of piperidine rings is 1. The minimum absolute atomic E-state index is 0.0760. The van der Waals surface area contributed by atoms with Crippen molar-refractivity contribution in [3.05, 3.63) is 93.4 Å². The van der Waals surface area contributed by atoms with Crippen LogP contribution in [0.25, 0.3) is 0 Å². The molecule has 1 saturated carbocycles. The lowest BCUT2D eigenvalue weighted by Gasteiger charge is -2.43. The van der Waals surface area contributed by atoms with Crippen LogP contribution in [0.1, 0.15) is 64.9 Å². The topological polar surface area (TPSA) is 78.7 Å². The van der Waals surface area contributed by atoms with Gasteiger partial charge in [-0.2, -0.15) is 0 Å². The molecular formula is C34H43FN4O2S. The van der Waals surface area contributed by atoms with Crippen molar-refractivity contribution in [3.8, 4) is 0 Å². The lowest BCUT2D eigenvalue weighted by molar-refractivity contribution is -0.128. The molecule has 6 nitrogen and oxygen atoms in total. The Bertz CT molecular complexity index is 1300. The molecule has 0 radical (unpaired) electrons. The van der Waals surface area contributed by atoms with E-state index in [0.29, 0.717) is 50.0 Å². The Kier molecular flexibility index (Phi) is 10.4. The van der Waals surface area contributed by atoms with Gasteiger partial charge in [0, 0.05) is 42.7 Å². The van der Waals surface area contributed by atoms with Crippen molar-refractivity contribution >= 4 is 23.2 Å². The van der Waals surface area contributed by atoms with Gasteiger partial charge in [-0.1, -0.05) is 42.3 Å². The zero-order chi connectivity index (χ0) is 29.5. The first kappa shape index (κ1) is 30.4. The average molecular weight is 591 g/mol. The molecule has 42 heavy (non-hydrogen) atoms. The van der Waals surface area contributed by atoms with Gasteiger partial charge in [0.1, 0.15) is 11.9 Å². The van der Waals surface area contributed by atoms with Crippen molar-refractivity contribution in [1.29, 1.82) is 0 Å². The maximum atomic E-state index is 13.9. The molecule has 3 N–H and O–H groups in total. The predicted molar refractivity (Wildman–Crippen MR) is 167 cm³/mol. The van der Waals surface area contributed by atoms with Gasteiger partial charge in [-0.25, -0.2) is 4.39 Å². The van der Waals surface area contributed by atoms with E-state index < -0.39 is 6.04 Å². The largest absolute Gasteiger partial charge is 0.354 e. The fourth-order valence-electron chi connectivity index (χ4n) is 6.54. The van der Waals surface area contributed by atoms with E-state index in [2.05, 4.69) is 27.7 Å².